The van der Waals surface area contributed by atoms with E-state index in [2.05, 4.69) is 34.6 Å². The Morgan fingerprint density at radius 3 is 0.703 bits per heavy atom. The minimum atomic E-state index is -4.96. The molecule has 0 bridgehead atoms. The number of carbonyl (C=O) groups excluding carboxylic acids is 4. The average molecular weight is 1480 g/mol. The Labute approximate surface area is 619 Å². The topological polar surface area (TPSA) is 237 Å². The first-order valence-corrected chi connectivity index (χ1v) is 45.7. The minimum absolute atomic E-state index is 0.106. The second-order valence-corrected chi connectivity index (χ2v) is 32.7. The third-order valence-electron chi connectivity index (χ3n) is 19.6. The number of phosphoric acid groups is 2. The van der Waals surface area contributed by atoms with Gasteiger partial charge in [0.25, 0.3) is 0 Å². The van der Waals surface area contributed by atoms with Crippen LogP contribution in [0.3, 0.4) is 0 Å². The summed E-state index contributed by atoms with van der Waals surface area (Å²) in [6.45, 7) is 7.34. The molecule has 0 aromatic heterocycles. The van der Waals surface area contributed by atoms with Crippen LogP contribution in [0, 0.1) is 5.92 Å². The number of rotatable bonds is 82. The Morgan fingerprint density at radius 2 is 0.475 bits per heavy atom. The summed E-state index contributed by atoms with van der Waals surface area (Å²) in [4.78, 5) is 72.8. The average Bonchev–Trinajstić information content (AvgIpc) is 0.938. The highest BCUT2D eigenvalue weighted by atomic mass is 31.2. The van der Waals surface area contributed by atoms with Gasteiger partial charge < -0.3 is 33.8 Å². The highest BCUT2D eigenvalue weighted by Crippen LogP contribution is 2.45. The number of carbonyl (C=O) groups is 4. The number of aliphatic hydroxyl groups excluding tert-OH is 1. The Bertz CT molecular complexity index is 1930. The van der Waals surface area contributed by atoms with E-state index in [0.29, 0.717) is 25.7 Å². The van der Waals surface area contributed by atoms with Gasteiger partial charge in [-0.3, -0.25) is 37.3 Å². The summed E-state index contributed by atoms with van der Waals surface area (Å²) in [5.41, 5.74) is 0. The maximum absolute atomic E-state index is 13.1. The van der Waals surface area contributed by atoms with Crippen LogP contribution in [0.25, 0.3) is 0 Å². The van der Waals surface area contributed by atoms with Crippen molar-refractivity contribution in [3.8, 4) is 0 Å². The Balaban J connectivity index is 5.12. The molecule has 600 valence electrons. The van der Waals surface area contributed by atoms with E-state index in [4.69, 9.17) is 37.0 Å². The van der Waals surface area contributed by atoms with Crippen molar-refractivity contribution in [2.75, 3.05) is 39.6 Å². The van der Waals surface area contributed by atoms with Crippen molar-refractivity contribution in [1.82, 2.24) is 0 Å². The number of hydrogen-bond acceptors (Lipinski definition) is 15. The summed E-state index contributed by atoms with van der Waals surface area (Å²) in [7, 11) is -9.91. The molecule has 3 unspecified atom stereocenters. The molecule has 0 radical (unpaired) electrons. The number of phosphoric ester groups is 2. The van der Waals surface area contributed by atoms with Gasteiger partial charge in [-0.1, -0.05) is 388 Å². The summed E-state index contributed by atoms with van der Waals surface area (Å²) in [6.07, 6.45) is 67.0. The summed E-state index contributed by atoms with van der Waals surface area (Å²) in [5, 5.41) is 10.6. The van der Waals surface area contributed by atoms with Crippen LogP contribution in [0.15, 0.2) is 0 Å². The van der Waals surface area contributed by atoms with E-state index in [0.717, 1.165) is 102 Å². The van der Waals surface area contributed by atoms with Gasteiger partial charge >= 0.3 is 39.5 Å². The van der Waals surface area contributed by atoms with Crippen LogP contribution in [0.2, 0.25) is 0 Å². The zero-order valence-electron chi connectivity index (χ0n) is 66.1. The molecule has 101 heavy (non-hydrogen) atoms. The first-order chi connectivity index (χ1) is 49.1. The van der Waals surface area contributed by atoms with Crippen LogP contribution in [-0.4, -0.2) is 96.7 Å². The van der Waals surface area contributed by atoms with Crippen molar-refractivity contribution in [3.05, 3.63) is 0 Å². The second kappa shape index (κ2) is 74.9. The molecule has 0 rings (SSSR count). The SMILES string of the molecule is CCCCCCCCCCCCCCCCCCCCCCCCC(=O)OC[C@H](COP(=O)(O)OC[C@@H](O)COP(=O)(O)OC[C@@H](COC(=O)CCCCCCCCCC)OC(=O)CCCCCCCCCCC)OC(=O)CCCCCCCCCCCCCCCCCCCCC(C)CC. The fourth-order valence-electron chi connectivity index (χ4n) is 12.7. The van der Waals surface area contributed by atoms with Gasteiger partial charge in [0, 0.05) is 25.7 Å². The number of hydrogen-bond donors (Lipinski definition) is 3. The van der Waals surface area contributed by atoms with Crippen molar-refractivity contribution in [2.24, 2.45) is 5.92 Å². The van der Waals surface area contributed by atoms with Gasteiger partial charge in [-0.2, -0.15) is 0 Å². The third kappa shape index (κ3) is 74.7. The van der Waals surface area contributed by atoms with E-state index >= 15 is 0 Å². The van der Waals surface area contributed by atoms with Crippen LogP contribution < -0.4 is 0 Å². The molecular formula is C82H160O17P2. The molecule has 0 spiro atoms. The third-order valence-corrected chi connectivity index (χ3v) is 21.5. The largest absolute Gasteiger partial charge is 0.472 e. The molecule has 0 aromatic rings. The fourth-order valence-corrected chi connectivity index (χ4v) is 14.3. The maximum atomic E-state index is 13.1. The van der Waals surface area contributed by atoms with Crippen LogP contribution in [-0.2, 0) is 65.4 Å². The lowest BCUT2D eigenvalue weighted by Gasteiger charge is -2.21. The second-order valence-electron chi connectivity index (χ2n) is 29.8. The summed E-state index contributed by atoms with van der Waals surface area (Å²) < 4.78 is 68.5. The van der Waals surface area contributed by atoms with Crippen LogP contribution in [0.1, 0.15) is 439 Å². The number of unbranched alkanes of at least 4 members (excludes halogenated alkanes) is 53. The molecule has 0 saturated carbocycles. The molecule has 0 aliphatic heterocycles. The molecule has 0 heterocycles. The van der Waals surface area contributed by atoms with Gasteiger partial charge in [-0.05, 0) is 31.6 Å². The van der Waals surface area contributed by atoms with Gasteiger partial charge in [0.15, 0.2) is 12.2 Å². The molecule has 3 N–H and O–H groups in total. The number of ether oxygens (including phenoxy) is 4. The summed E-state index contributed by atoms with van der Waals surface area (Å²) in [6, 6.07) is 0. The highest BCUT2D eigenvalue weighted by Gasteiger charge is 2.30. The molecule has 17 nitrogen and oxygen atoms in total. The van der Waals surface area contributed by atoms with Crippen LogP contribution in [0.4, 0.5) is 0 Å². The van der Waals surface area contributed by atoms with Gasteiger partial charge in [0.05, 0.1) is 26.4 Å². The monoisotopic (exact) mass is 1480 g/mol. The molecular weight excluding hydrogens is 1320 g/mol. The Morgan fingerprint density at radius 1 is 0.277 bits per heavy atom. The first-order valence-electron chi connectivity index (χ1n) is 42.7. The van der Waals surface area contributed by atoms with Crippen LogP contribution >= 0.6 is 15.6 Å². The van der Waals surface area contributed by atoms with E-state index < -0.39 is 97.5 Å². The lowest BCUT2D eigenvalue weighted by Crippen LogP contribution is -2.30. The van der Waals surface area contributed by atoms with Crippen LogP contribution in [0.5, 0.6) is 0 Å². The lowest BCUT2D eigenvalue weighted by atomic mass is 9.99. The Kier molecular flexibility index (Phi) is 73.5. The van der Waals surface area contributed by atoms with E-state index in [1.54, 1.807) is 0 Å². The molecule has 0 aromatic carbocycles. The molecule has 0 aliphatic rings. The molecule has 0 amide bonds. The quantitative estimate of drug-likeness (QED) is 0.0222. The molecule has 0 saturated heterocycles. The highest BCUT2D eigenvalue weighted by molar-refractivity contribution is 7.47. The molecule has 0 fully saturated rings. The molecule has 19 heteroatoms. The summed E-state index contributed by atoms with van der Waals surface area (Å²) in [5.74, 6) is -1.24. The summed E-state index contributed by atoms with van der Waals surface area (Å²) >= 11 is 0. The zero-order chi connectivity index (χ0) is 74.1. The van der Waals surface area contributed by atoms with Crippen molar-refractivity contribution in [3.63, 3.8) is 0 Å². The molecule has 0 aliphatic carbocycles. The predicted octanol–water partition coefficient (Wildman–Crippen LogP) is 24.8. The minimum Gasteiger partial charge on any atom is -0.462 e. The smallest absolute Gasteiger partial charge is 0.462 e. The zero-order valence-corrected chi connectivity index (χ0v) is 67.8. The van der Waals surface area contributed by atoms with Gasteiger partial charge in [-0.25, -0.2) is 9.13 Å². The first kappa shape index (κ1) is 99.1. The van der Waals surface area contributed by atoms with Crippen molar-refractivity contribution in [1.29, 1.82) is 0 Å². The van der Waals surface area contributed by atoms with Gasteiger partial charge in [0.2, 0.25) is 0 Å². The van der Waals surface area contributed by atoms with E-state index in [1.165, 1.54) is 257 Å². The predicted molar refractivity (Wildman–Crippen MR) is 414 cm³/mol. The number of aliphatic hydroxyl groups is 1. The van der Waals surface area contributed by atoms with E-state index in [-0.39, 0.29) is 25.7 Å². The maximum Gasteiger partial charge on any atom is 0.472 e. The van der Waals surface area contributed by atoms with Crippen molar-refractivity contribution >= 4 is 39.5 Å². The van der Waals surface area contributed by atoms with Crippen molar-refractivity contribution < 1.29 is 80.2 Å². The lowest BCUT2D eigenvalue weighted by molar-refractivity contribution is -0.161. The van der Waals surface area contributed by atoms with Gasteiger partial charge in [-0.15, -0.1) is 0 Å². The standard InChI is InChI=1S/C82H160O17P2/c1-6-10-13-16-19-22-23-24-25-26-27-28-29-30-34-37-40-43-47-51-56-61-66-80(85)93-72-78(99-82(87)68-63-58-53-48-44-41-38-35-32-31-33-36-39-42-46-49-54-59-64-75(5)9-4)74-97-101(90,91)95-70-76(83)69-94-100(88,89)96-73-77(71-92-79(84)65-60-55-50-21-18-15-12-8-3)98-81(86)67-62-57-52-45-20-17-14-11-7-2/h75-78,83H,6-74H2,1-5H3,(H,88,89)(H,90,91)/t75?,76-,77+,78+/m0/s1. The van der Waals surface area contributed by atoms with Crippen molar-refractivity contribution in [2.45, 2.75) is 457 Å². The van der Waals surface area contributed by atoms with Gasteiger partial charge in [0.1, 0.15) is 19.3 Å². The van der Waals surface area contributed by atoms with E-state index in [1.807, 2.05) is 0 Å². The number of esters is 4. The van der Waals surface area contributed by atoms with E-state index in [9.17, 15) is 43.2 Å². The fraction of sp³-hybridized carbons (Fsp3) is 0.951. The normalized spacial score (nSPS) is 14.1. The Hall–Kier alpha value is -1.94. The molecule has 6 atom stereocenters.